The van der Waals surface area contributed by atoms with Gasteiger partial charge in [-0.2, -0.15) is 0 Å². The summed E-state index contributed by atoms with van der Waals surface area (Å²) < 4.78 is 0. The second kappa shape index (κ2) is 6.66. The molecule has 2 bridgehead atoms. The van der Waals surface area contributed by atoms with E-state index in [9.17, 15) is 29.8 Å². The van der Waals surface area contributed by atoms with Gasteiger partial charge in [0, 0.05) is 27.9 Å². The van der Waals surface area contributed by atoms with Gasteiger partial charge in [-0.05, 0) is 13.0 Å². The molecule has 1 fully saturated rings. The molecule has 0 radical (unpaired) electrons. The molecule has 1 unspecified atom stereocenters. The highest BCUT2D eigenvalue weighted by Crippen LogP contribution is 2.42. The molecule has 1 saturated heterocycles. The summed E-state index contributed by atoms with van der Waals surface area (Å²) in [6, 6.07) is 9.13. The van der Waals surface area contributed by atoms with Crippen LogP contribution in [0.5, 0.6) is 0 Å². The van der Waals surface area contributed by atoms with E-state index >= 15 is 0 Å². The van der Waals surface area contributed by atoms with Gasteiger partial charge in [0.2, 0.25) is 5.78 Å². The number of rotatable bonds is 6. The van der Waals surface area contributed by atoms with Crippen molar-refractivity contribution in [1.82, 2.24) is 0 Å². The topological polar surface area (TPSA) is 125 Å². The Balaban J connectivity index is 2.11. The van der Waals surface area contributed by atoms with Crippen molar-refractivity contribution in [3.8, 4) is 0 Å². The standard InChI is InChI=1S/C18H19N3O6/c1-13(22)9-15-17(20(24)25)8-7-16(23)18(15,21(26)27)12-19(11-17)10-14-5-3-2-4-6-14/h2-8,15H,9-12H2,1H3/p+1/t15-,17+,18+/m0/s1. The number of piperidine rings is 1. The third kappa shape index (κ3) is 2.93. The van der Waals surface area contributed by atoms with Gasteiger partial charge >= 0.3 is 5.54 Å². The molecule has 1 aliphatic heterocycles. The van der Waals surface area contributed by atoms with Crippen LogP contribution in [0, 0.1) is 26.1 Å². The van der Waals surface area contributed by atoms with Crippen LogP contribution in [0.4, 0.5) is 0 Å². The minimum atomic E-state index is -2.17. The van der Waals surface area contributed by atoms with E-state index in [0.29, 0.717) is 11.4 Å². The van der Waals surface area contributed by atoms with Crippen molar-refractivity contribution in [2.24, 2.45) is 5.92 Å². The Labute approximate surface area is 154 Å². The summed E-state index contributed by atoms with van der Waals surface area (Å²) in [5.74, 6) is -2.49. The molecular weight excluding hydrogens is 354 g/mol. The fourth-order valence-corrected chi connectivity index (χ4v) is 4.48. The number of nitrogens with zero attached hydrogens (tertiary/aromatic N) is 2. The first kappa shape index (κ1) is 18.8. The zero-order valence-corrected chi connectivity index (χ0v) is 14.8. The molecule has 1 aromatic rings. The first-order valence-electron chi connectivity index (χ1n) is 8.62. The molecular formula is C18H20N3O6+. The maximum atomic E-state index is 12.6. The Morgan fingerprint density at radius 1 is 1.19 bits per heavy atom. The Kier molecular flexibility index (Phi) is 4.64. The van der Waals surface area contributed by atoms with E-state index in [1.165, 1.54) is 6.92 Å². The minimum absolute atomic E-state index is 0.0216. The van der Waals surface area contributed by atoms with Crippen molar-refractivity contribution in [3.63, 3.8) is 0 Å². The molecule has 9 nitrogen and oxygen atoms in total. The lowest BCUT2D eigenvalue weighted by Gasteiger charge is -2.45. The van der Waals surface area contributed by atoms with Crippen LogP contribution in [-0.2, 0) is 16.1 Å². The second-order valence-electron chi connectivity index (χ2n) is 7.35. The van der Waals surface area contributed by atoms with Gasteiger partial charge in [0.1, 0.15) is 18.2 Å². The SMILES string of the molecule is CC(=O)C[C@@H]1[C@]2([N+](=O)[O-])C[NH+](Cc3ccccc3)C[C@]1([N+](=O)[O-])C=CC2=O. The van der Waals surface area contributed by atoms with E-state index in [2.05, 4.69) is 0 Å². The first-order valence-corrected chi connectivity index (χ1v) is 8.62. The number of nitrogens with one attached hydrogen (secondary N) is 1. The Morgan fingerprint density at radius 3 is 2.41 bits per heavy atom. The largest absolute Gasteiger partial charge is 0.340 e. The maximum Gasteiger partial charge on any atom is 0.340 e. The van der Waals surface area contributed by atoms with Crippen molar-refractivity contribution in [2.45, 2.75) is 31.0 Å². The highest BCUT2D eigenvalue weighted by molar-refractivity contribution is 5.99. The van der Waals surface area contributed by atoms with E-state index in [0.717, 1.165) is 17.7 Å². The number of quaternary nitrogens is 1. The minimum Gasteiger partial charge on any atom is -0.319 e. The van der Waals surface area contributed by atoms with E-state index in [1.807, 2.05) is 30.3 Å². The Bertz CT molecular complexity index is 839. The Morgan fingerprint density at radius 2 is 1.85 bits per heavy atom. The number of hydrogen-bond donors (Lipinski definition) is 1. The lowest BCUT2D eigenvalue weighted by molar-refractivity contribution is -0.955. The molecule has 142 valence electrons. The molecule has 0 amide bonds. The van der Waals surface area contributed by atoms with E-state index in [-0.39, 0.29) is 19.5 Å². The van der Waals surface area contributed by atoms with Crippen molar-refractivity contribution in [2.75, 3.05) is 13.1 Å². The van der Waals surface area contributed by atoms with Gasteiger partial charge in [-0.15, -0.1) is 0 Å². The molecule has 1 aliphatic carbocycles. The average molecular weight is 374 g/mol. The van der Waals surface area contributed by atoms with Crippen LogP contribution < -0.4 is 4.90 Å². The summed E-state index contributed by atoms with van der Waals surface area (Å²) in [7, 11) is 0. The molecule has 1 heterocycles. The molecule has 1 aromatic carbocycles. The zero-order valence-electron chi connectivity index (χ0n) is 14.8. The van der Waals surface area contributed by atoms with Crippen molar-refractivity contribution in [1.29, 1.82) is 0 Å². The number of hydrogen-bond acceptors (Lipinski definition) is 6. The second-order valence-corrected chi connectivity index (χ2v) is 7.35. The van der Waals surface area contributed by atoms with Gasteiger partial charge in [-0.1, -0.05) is 30.3 Å². The molecule has 0 aromatic heterocycles. The van der Waals surface area contributed by atoms with Crippen LogP contribution in [0.1, 0.15) is 18.9 Å². The fraction of sp³-hybridized carbons (Fsp3) is 0.444. The number of carbonyl (C=O) groups excluding carboxylic acids is 2. The number of carbonyl (C=O) groups is 2. The Hall–Kier alpha value is -2.94. The third-order valence-electron chi connectivity index (χ3n) is 5.64. The van der Waals surface area contributed by atoms with E-state index in [1.54, 1.807) is 0 Å². The van der Waals surface area contributed by atoms with Gasteiger partial charge in [0.05, 0.1) is 0 Å². The van der Waals surface area contributed by atoms with Crippen molar-refractivity contribution in [3.05, 3.63) is 68.3 Å². The summed E-state index contributed by atoms with van der Waals surface area (Å²) in [4.78, 5) is 47.8. The summed E-state index contributed by atoms with van der Waals surface area (Å²) in [5, 5.41) is 24.1. The third-order valence-corrected chi connectivity index (χ3v) is 5.64. The lowest BCUT2D eigenvalue weighted by atomic mass is 9.61. The summed E-state index contributed by atoms with van der Waals surface area (Å²) in [6.07, 6.45) is 1.74. The highest BCUT2D eigenvalue weighted by Gasteiger charge is 2.76. The van der Waals surface area contributed by atoms with Crippen LogP contribution in [0.25, 0.3) is 0 Å². The van der Waals surface area contributed by atoms with Crippen LogP contribution in [0.15, 0.2) is 42.5 Å². The molecule has 3 rings (SSSR count). The zero-order chi connectivity index (χ0) is 19.8. The quantitative estimate of drug-likeness (QED) is 0.545. The molecule has 9 heteroatoms. The monoisotopic (exact) mass is 374 g/mol. The molecule has 0 saturated carbocycles. The van der Waals surface area contributed by atoms with Gasteiger partial charge in [0.15, 0.2) is 13.1 Å². The van der Waals surface area contributed by atoms with E-state index < -0.39 is 38.4 Å². The van der Waals surface area contributed by atoms with Crippen LogP contribution in [0.2, 0.25) is 0 Å². The highest BCUT2D eigenvalue weighted by atomic mass is 16.6. The van der Waals surface area contributed by atoms with Gasteiger partial charge in [-0.25, -0.2) is 0 Å². The van der Waals surface area contributed by atoms with Crippen LogP contribution in [0.3, 0.4) is 0 Å². The number of likely N-dealkylation sites (tertiary alicyclic amines) is 1. The predicted molar refractivity (Wildman–Crippen MR) is 93.2 cm³/mol. The van der Waals surface area contributed by atoms with Gasteiger partial charge in [-0.3, -0.25) is 25.0 Å². The van der Waals surface area contributed by atoms with Crippen LogP contribution in [-0.4, -0.2) is 45.6 Å². The fourth-order valence-electron chi connectivity index (χ4n) is 4.48. The molecule has 0 spiro atoms. The van der Waals surface area contributed by atoms with E-state index in [4.69, 9.17) is 0 Å². The smallest absolute Gasteiger partial charge is 0.319 e. The summed E-state index contributed by atoms with van der Waals surface area (Å²) >= 11 is 0. The number of fused-ring (bicyclic) bond motifs is 2. The first-order chi connectivity index (χ1) is 12.7. The van der Waals surface area contributed by atoms with Crippen LogP contribution >= 0.6 is 0 Å². The number of ketones is 2. The lowest BCUT2D eigenvalue weighted by Crippen LogP contribution is -3.18. The maximum absolute atomic E-state index is 12.6. The average Bonchev–Trinajstić information content (AvgIpc) is 2.59. The molecule has 27 heavy (non-hydrogen) atoms. The number of nitro groups is 2. The van der Waals surface area contributed by atoms with Gasteiger partial charge in [0.25, 0.3) is 5.54 Å². The van der Waals surface area contributed by atoms with Crippen molar-refractivity contribution < 1.29 is 24.3 Å². The molecule has 1 N–H and O–H groups in total. The normalized spacial score (nSPS) is 32.1. The summed E-state index contributed by atoms with van der Waals surface area (Å²) in [5.41, 5.74) is -3.13. The summed E-state index contributed by atoms with van der Waals surface area (Å²) in [6.45, 7) is 1.34. The van der Waals surface area contributed by atoms with Crippen molar-refractivity contribution >= 4 is 11.6 Å². The van der Waals surface area contributed by atoms with Gasteiger partial charge < -0.3 is 9.69 Å². The molecule has 2 aliphatic rings. The molecule has 4 atom stereocenters. The number of Topliss-reactive ketones (excluding diaryl/α,β-unsaturated/α-hetero) is 1. The number of benzene rings is 1. The predicted octanol–water partition coefficient (Wildman–Crippen LogP) is -0.150.